The van der Waals surface area contributed by atoms with E-state index in [-0.39, 0.29) is 19.1 Å². The number of rotatable bonds is 8. The molecule has 1 fully saturated rings. The lowest BCUT2D eigenvalue weighted by atomic mass is 10.2. The van der Waals surface area contributed by atoms with Crippen molar-refractivity contribution in [3.63, 3.8) is 0 Å². The molecule has 24 heavy (non-hydrogen) atoms. The van der Waals surface area contributed by atoms with Gasteiger partial charge in [-0.05, 0) is 18.4 Å². The average molecular weight is 337 g/mol. The molecule has 1 aromatic carbocycles. The van der Waals surface area contributed by atoms with Crippen LogP contribution in [0.25, 0.3) is 0 Å². The van der Waals surface area contributed by atoms with Crippen LogP contribution in [0.5, 0.6) is 0 Å². The Bertz CT molecular complexity index is 549. The minimum atomic E-state index is -1.05. The van der Waals surface area contributed by atoms with Gasteiger partial charge in [0, 0.05) is 13.6 Å². The minimum absolute atomic E-state index is 0.102. The maximum Gasteiger partial charge on any atom is 0.332 e. The van der Waals surface area contributed by atoms with E-state index in [1.807, 2.05) is 30.3 Å². The van der Waals surface area contributed by atoms with E-state index in [0.717, 1.165) is 5.56 Å². The Morgan fingerprint density at radius 3 is 2.58 bits per heavy atom. The molecule has 1 unspecified atom stereocenters. The van der Waals surface area contributed by atoms with E-state index in [0.29, 0.717) is 19.4 Å². The number of amides is 1. The summed E-state index contributed by atoms with van der Waals surface area (Å²) >= 11 is 0. The van der Waals surface area contributed by atoms with Crippen LogP contribution >= 0.6 is 0 Å². The number of ether oxygens (including phenoxy) is 2. The van der Waals surface area contributed by atoms with Crippen LogP contribution in [0.4, 0.5) is 0 Å². The first-order chi connectivity index (χ1) is 11.5. The number of carboxylic acid groups (broad SMARTS) is 1. The van der Waals surface area contributed by atoms with Gasteiger partial charge in [-0.15, -0.1) is 0 Å². The van der Waals surface area contributed by atoms with Crippen LogP contribution in [-0.2, 0) is 25.7 Å². The lowest BCUT2D eigenvalue weighted by Gasteiger charge is -2.23. The molecule has 1 heterocycles. The predicted molar refractivity (Wildman–Crippen MR) is 85.3 cm³/mol. The normalized spacial score (nSPS) is 21.4. The number of aliphatic hydroxyl groups excluding tert-OH is 1. The van der Waals surface area contributed by atoms with Gasteiger partial charge >= 0.3 is 5.97 Å². The van der Waals surface area contributed by atoms with Crippen LogP contribution in [0.3, 0.4) is 0 Å². The lowest BCUT2D eigenvalue weighted by molar-refractivity contribution is -0.154. The summed E-state index contributed by atoms with van der Waals surface area (Å²) in [4.78, 5) is 24.4. The first-order valence-corrected chi connectivity index (χ1v) is 7.90. The van der Waals surface area contributed by atoms with E-state index >= 15 is 0 Å². The lowest BCUT2D eigenvalue weighted by Crippen LogP contribution is -2.42. The number of likely N-dealkylation sites (N-methyl/N-ethyl adjacent to an activating group) is 1. The number of nitrogens with zero attached hydrogens (tertiary/aromatic N) is 1. The fraction of sp³-hybridized carbons (Fsp3) is 0.529. The minimum Gasteiger partial charge on any atom is -0.479 e. The Labute approximate surface area is 140 Å². The Hall–Kier alpha value is -1.96. The number of carboxylic acids is 1. The van der Waals surface area contributed by atoms with E-state index < -0.39 is 24.3 Å². The molecule has 0 saturated carbocycles. The van der Waals surface area contributed by atoms with E-state index in [1.54, 1.807) is 7.05 Å². The van der Waals surface area contributed by atoms with Crippen LogP contribution in [0.1, 0.15) is 18.4 Å². The zero-order valence-corrected chi connectivity index (χ0v) is 13.6. The summed E-state index contributed by atoms with van der Waals surface area (Å²) < 4.78 is 10.7. The van der Waals surface area contributed by atoms with Crippen LogP contribution in [-0.4, -0.2) is 65.5 Å². The third-order valence-corrected chi connectivity index (χ3v) is 3.85. The standard InChI is InChI=1S/C17H23NO6/c1-18(16(20)14-7-8-15(24-14)17(21)22)9-13(19)11-23-10-12-5-3-2-4-6-12/h2-6,13-15,19H,7-11H2,1H3,(H,21,22)/t13?,14-,15+/m0/s1. The zero-order valence-electron chi connectivity index (χ0n) is 13.6. The number of aliphatic carboxylic acids is 1. The van der Waals surface area contributed by atoms with Gasteiger partial charge in [0.15, 0.2) is 6.10 Å². The topological polar surface area (TPSA) is 96.3 Å². The predicted octanol–water partition coefficient (Wildman–Crippen LogP) is 0.655. The maximum atomic E-state index is 12.2. The molecule has 3 atom stereocenters. The van der Waals surface area contributed by atoms with Crippen molar-refractivity contribution in [3.05, 3.63) is 35.9 Å². The van der Waals surface area contributed by atoms with Gasteiger partial charge in [0.25, 0.3) is 5.91 Å². The molecular weight excluding hydrogens is 314 g/mol. The highest BCUT2D eigenvalue weighted by Crippen LogP contribution is 2.21. The number of hydrogen-bond donors (Lipinski definition) is 2. The van der Waals surface area contributed by atoms with Crippen LogP contribution in [0.15, 0.2) is 30.3 Å². The average Bonchev–Trinajstić information content (AvgIpc) is 3.05. The van der Waals surface area contributed by atoms with Gasteiger partial charge in [0.2, 0.25) is 0 Å². The molecule has 0 aromatic heterocycles. The molecule has 1 aromatic rings. The summed E-state index contributed by atoms with van der Waals surface area (Å²) in [6, 6.07) is 9.59. The number of hydrogen-bond acceptors (Lipinski definition) is 5. The molecule has 0 spiro atoms. The van der Waals surface area contributed by atoms with Crippen molar-refractivity contribution < 1.29 is 29.3 Å². The zero-order chi connectivity index (χ0) is 17.5. The van der Waals surface area contributed by atoms with Gasteiger partial charge in [0.05, 0.1) is 19.3 Å². The highest BCUT2D eigenvalue weighted by atomic mass is 16.5. The number of carbonyl (C=O) groups excluding carboxylic acids is 1. The maximum absolute atomic E-state index is 12.2. The van der Waals surface area contributed by atoms with E-state index in [9.17, 15) is 14.7 Å². The van der Waals surface area contributed by atoms with Crippen molar-refractivity contribution in [2.24, 2.45) is 0 Å². The summed E-state index contributed by atoms with van der Waals surface area (Å²) in [5.74, 6) is -1.37. The van der Waals surface area contributed by atoms with E-state index in [2.05, 4.69) is 0 Å². The first-order valence-electron chi connectivity index (χ1n) is 7.90. The molecule has 1 amide bonds. The number of carbonyl (C=O) groups is 2. The van der Waals surface area contributed by atoms with Gasteiger partial charge < -0.3 is 24.6 Å². The summed E-state index contributed by atoms with van der Waals surface area (Å²) in [6.45, 7) is 0.600. The second-order valence-corrected chi connectivity index (χ2v) is 5.90. The van der Waals surface area contributed by atoms with Gasteiger partial charge in [-0.2, -0.15) is 0 Å². The van der Waals surface area contributed by atoms with Gasteiger partial charge in [-0.3, -0.25) is 4.79 Å². The van der Waals surface area contributed by atoms with Crippen molar-refractivity contribution in [1.82, 2.24) is 4.90 Å². The molecule has 2 N–H and O–H groups in total. The molecule has 0 radical (unpaired) electrons. The summed E-state index contributed by atoms with van der Waals surface area (Å²) in [7, 11) is 1.56. The summed E-state index contributed by atoms with van der Waals surface area (Å²) in [5.41, 5.74) is 1.01. The Morgan fingerprint density at radius 2 is 1.96 bits per heavy atom. The molecular formula is C17H23NO6. The van der Waals surface area contributed by atoms with Gasteiger partial charge in [-0.1, -0.05) is 30.3 Å². The highest BCUT2D eigenvalue weighted by molar-refractivity contribution is 5.82. The van der Waals surface area contributed by atoms with Crippen LogP contribution in [0.2, 0.25) is 0 Å². The van der Waals surface area contributed by atoms with Crippen LogP contribution in [0, 0.1) is 0 Å². The smallest absolute Gasteiger partial charge is 0.332 e. The number of aliphatic hydroxyl groups is 1. The Kier molecular flexibility index (Phi) is 6.72. The SMILES string of the molecule is CN(CC(O)COCc1ccccc1)C(=O)[C@@H]1CC[C@H](C(=O)O)O1. The van der Waals surface area contributed by atoms with Crippen molar-refractivity contribution in [2.75, 3.05) is 20.2 Å². The molecule has 1 aliphatic rings. The molecule has 1 saturated heterocycles. The number of benzene rings is 1. The van der Waals surface area contributed by atoms with Crippen molar-refractivity contribution in [1.29, 1.82) is 0 Å². The largest absolute Gasteiger partial charge is 0.479 e. The molecule has 7 nitrogen and oxygen atoms in total. The van der Waals surface area contributed by atoms with Crippen molar-refractivity contribution in [2.45, 2.75) is 37.8 Å². The van der Waals surface area contributed by atoms with E-state index in [4.69, 9.17) is 14.6 Å². The van der Waals surface area contributed by atoms with Gasteiger partial charge in [0.1, 0.15) is 6.10 Å². The van der Waals surface area contributed by atoms with Crippen molar-refractivity contribution >= 4 is 11.9 Å². The monoisotopic (exact) mass is 337 g/mol. The first kappa shape index (κ1) is 18.4. The second kappa shape index (κ2) is 8.77. The molecule has 1 aliphatic heterocycles. The molecule has 132 valence electrons. The van der Waals surface area contributed by atoms with Gasteiger partial charge in [-0.25, -0.2) is 4.79 Å². The van der Waals surface area contributed by atoms with Crippen LogP contribution < -0.4 is 0 Å². The molecule has 0 aliphatic carbocycles. The second-order valence-electron chi connectivity index (χ2n) is 5.90. The highest BCUT2D eigenvalue weighted by Gasteiger charge is 2.36. The molecule has 2 rings (SSSR count). The Balaban J connectivity index is 1.70. The summed E-state index contributed by atoms with van der Waals surface area (Å²) in [6.07, 6.45) is -1.80. The third-order valence-electron chi connectivity index (χ3n) is 3.85. The third kappa shape index (κ3) is 5.30. The van der Waals surface area contributed by atoms with Crippen molar-refractivity contribution in [3.8, 4) is 0 Å². The molecule has 7 heteroatoms. The fourth-order valence-corrected chi connectivity index (χ4v) is 2.59. The Morgan fingerprint density at radius 1 is 1.29 bits per heavy atom. The fourth-order valence-electron chi connectivity index (χ4n) is 2.59. The summed E-state index contributed by atoms with van der Waals surface area (Å²) in [5, 5.41) is 18.9. The quantitative estimate of drug-likeness (QED) is 0.723. The van der Waals surface area contributed by atoms with E-state index in [1.165, 1.54) is 4.90 Å². The molecule has 0 bridgehead atoms.